The van der Waals surface area contributed by atoms with E-state index in [0.717, 1.165) is 32.1 Å². The number of aromatic hydroxyl groups is 1. The Kier molecular flexibility index (Phi) is 5.97. The van der Waals surface area contributed by atoms with E-state index in [1.165, 1.54) is 0 Å². The highest BCUT2D eigenvalue weighted by Crippen LogP contribution is 2.46. The van der Waals surface area contributed by atoms with E-state index in [0.29, 0.717) is 46.3 Å². The number of nitrogens with zero attached hydrogens (tertiary/aromatic N) is 6. The van der Waals surface area contributed by atoms with Crippen LogP contribution in [0.3, 0.4) is 0 Å². The topological polar surface area (TPSA) is 109 Å². The molecule has 2 aromatic heterocycles. The number of nitrogens with one attached hydrogen (secondary N) is 1. The average Bonchev–Trinajstić information content (AvgIpc) is 3.73. The number of fused-ring (bicyclic) bond motifs is 2. The molecule has 0 unspecified atom stereocenters. The lowest BCUT2D eigenvalue weighted by atomic mass is 9.68. The van der Waals surface area contributed by atoms with Gasteiger partial charge in [-0.1, -0.05) is 6.07 Å². The maximum Gasteiger partial charge on any atom is 0.245 e. The first-order chi connectivity index (χ1) is 18.2. The summed E-state index contributed by atoms with van der Waals surface area (Å²) in [5, 5.41) is 31.6. The maximum absolute atomic E-state index is 16.0. The van der Waals surface area contributed by atoms with E-state index in [1.807, 2.05) is 19.9 Å². The Bertz CT molecular complexity index is 1350. The number of aryl methyl sites for hydroxylation is 1. The van der Waals surface area contributed by atoms with E-state index < -0.39 is 11.7 Å². The molecule has 0 amide bonds. The predicted molar refractivity (Wildman–Crippen MR) is 142 cm³/mol. The predicted octanol–water partition coefficient (Wildman–Crippen LogP) is 4.39. The number of hydrogen-bond acceptors (Lipinski definition) is 9. The molecule has 3 aliphatic rings. The Labute approximate surface area is 221 Å². The Morgan fingerprint density at radius 3 is 2.55 bits per heavy atom. The molecule has 3 fully saturated rings. The molecular weight excluding hydrogens is 485 g/mol. The molecule has 1 saturated carbocycles. The zero-order chi connectivity index (χ0) is 26.7. The molecule has 2 aliphatic heterocycles. The Morgan fingerprint density at radius 1 is 1.08 bits per heavy atom. The second-order valence-corrected chi connectivity index (χ2v) is 11.5. The van der Waals surface area contributed by atoms with Crippen LogP contribution in [0.1, 0.15) is 58.1 Å². The van der Waals surface area contributed by atoms with Crippen LogP contribution in [0.25, 0.3) is 22.5 Å². The molecule has 200 valence electrons. The molecule has 0 spiro atoms. The molecule has 1 aromatic carbocycles. The molecule has 10 heteroatoms. The van der Waals surface area contributed by atoms with Crippen molar-refractivity contribution in [3.05, 3.63) is 36.2 Å². The van der Waals surface area contributed by atoms with E-state index >= 15 is 4.39 Å². The second-order valence-electron chi connectivity index (χ2n) is 11.5. The first-order valence-electron chi connectivity index (χ1n) is 13.3. The number of rotatable bonds is 6. The number of phenols is 1. The molecular formula is C28H34FN7O2. The van der Waals surface area contributed by atoms with Crippen molar-refractivity contribution in [2.45, 2.75) is 88.6 Å². The highest BCUT2D eigenvalue weighted by atomic mass is 19.1. The highest BCUT2D eigenvalue weighted by molar-refractivity contribution is 5.73. The maximum atomic E-state index is 16.0. The number of alkyl halides is 1. The normalized spacial score (nSPS) is 28.7. The largest absolute Gasteiger partial charge is 0.507 e. The summed E-state index contributed by atoms with van der Waals surface area (Å²) < 4.78 is 21.4. The van der Waals surface area contributed by atoms with Gasteiger partial charge in [-0.2, -0.15) is 5.10 Å². The van der Waals surface area contributed by atoms with Crippen molar-refractivity contribution in [3.63, 3.8) is 0 Å². The summed E-state index contributed by atoms with van der Waals surface area (Å²) >= 11 is 0. The van der Waals surface area contributed by atoms with Gasteiger partial charge in [-0.05, 0) is 71.4 Å². The highest BCUT2D eigenvalue weighted by Gasteiger charge is 2.56. The van der Waals surface area contributed by atoms with Crippen LogP contribution in [0.2, 0.25) is 0 Å². The minimum atomic E-state index is -1.03. The van der Waals surface area contributed by atoms with Crippen LogP contribution in [0.4, 0.5) is 10.3 Å². The van der Waals surface area contributed by atoms with Crippen molar-refractivity contribution in [2.75, 3.05) is 12.0 Å². The molecule has 4 heterocycles. The molecule has 38 heavy (non-hydrogen) atoms. The van der Waals surface area contributed by atoms with Gasteiger partial charge < -0.3 is 20.1 Å². The summed E-state index contributed by atoms with van der Waals surface area (Å²) in [5.41, 5.74) is 2.28. The molecule has 4 atom stereocenters. The molecule has 2 bridgehead atoms. The number of halogens is 1. The van der Waals surface area contributed by atoms with Crippen molar-refractivity contribution < 1.29 is 14.2 Å². The first-order valence-corrected chi connectivity index (χ1v) is 13.3. The van der Waals surface area contributed by atoms with Crippen LogP contribution >= 0.6 is 0 Å². The van der Waals surface area contributed by atoms with E-state index in [4.69, 9.17) is 4.74 Å². The third kappa shape index (κ3) is 4.34. The molecule has 0 radical (unpaired) electrons. The average molecular weight is 520 g/mol. The van der Waals surface area contributed by atoms with Crippen LogP contribution in [0, 0.1) is 6.92 Å². The summed E-state index contributed by atoms with van der Waals surface area (Å²) in [6, 6.07) is 6.93. The minimum Gasteiger partial charge on any atom is -0.507 e. The quantitative estimate of drug-likeness (QED) is 0.490. The Balaban J connectivity index is 1.27. The standard InChI is InChI=1S/C28H34FN7O2/c1-16-24(38-4)13-20(32-31-16)17-6-9-19(23(37)12-17)21-15-30-26(34-33-21)36(18-7-8-18)22-14-27(2)10-5-11-28(3,35-27)25(22)29/h6,9,12-13,15,18,22,25,35,37H,5,7-8,10-11,14H2,1-4H3/t22-,25-,27-,28+/m0/s1. The number of methoxy groups -OCH3 is 1. The van der Waals surface area contributed by atoms with Gasteiger partial charge in [0.2, 0.25) is 5.95 Å². The zero-order valence-electron chi connectivity index (χ0n) is 22.3. The number of aromatic nitrogens is 5. The van der Waals surface area contributed by atoms with Gasteiger partial charge in [0.05, 0.1) is 25.0 Å². The number of phenolic OH excluding ortho intramolecular Hbond substituents is 1. The van der Waals surface area contributed by atoms with E-state index in [9.17, 15) is 5.11 Å². The fraction of sp³-hybridized carbons (Fsp3) is 0.536. The van der Waals surface area contributed by atoms with Crippen molar-refractivity contribution in [1.82, 2.24) is 30.7 Å². The lowest BCUT2D eigenvalue weighted by Gasteiger charge is -2.57. The molecule has 6 rings (SSSR count). The van der Waals surface area contributed by atoms with Gasteiger partial charge in [0.1, 0.15) is 29.1 Å². The van der Waals surface area contributed by atoms with E-state index in [-0.39, 0.29) is 23.4 Å². The van der Waals surface area contributed by atoms with Crippen molar-refractivity contribution >= 4 is 5.95 Å². The first kappa shape index (κ1) is 24.9. The summed E-state index contributed by atoms with van der Waals surface area (Å²) in [5.74, 6) is 1.11. The summed E-state index contributed by atoms with van der Waals surface area (Å²) in [6.07, 6.45) is 6.20. The fourth-order valence-corrected chi connectivity index (χ4v) is 6.39. The minimum absolute atomic E-state index is 0.0302. The van der Waals surface area contributed by atoms with Crippen LogP contribution in [0.15, 0.2) is 30.5 Å². The van der Waals surface area contributed by atoms with Gasteiger partial charge in [-0.15, -0.1) is 15.3 Å². The van der Waals surface area contributed by atoms with Crippen LogP contribution < -0.4 is 15.0 Å². The van der Waals surface area contributed by atoms with Gasteiger partial charge in [-0.25, -0.2) is 9.37 Å². The lowest BCUT2D eigenvalue weighted by Crippen LogP contribution is -2.73. The van der Waals surface area contributed by atoms with Crippen LogP contribution in [-0.2, 0) is 0 Å². The molecule has 2 N–H and O–H groups in total. The number of benzene rings is 1. The van der Waals surface area contributed by atoms with E-state index in [2.05, 4.69) is 42.5 Å². The van der Waals surface area contributed by atoms with Gasteiger partial charge >= 0.3 is 0 Å². The molecule has 3 aromatic rings. The summed E-state index contributed by atoms with van der Waals surface area (Å²) in [7, 11) is 1.58. The zero-order valence-corrected chi connectivity index (χ0v) is 22.3. The van der Waals surface area contributed by atoms with Crippen molar-refractivity contribution in [2.24, 2.45) is 0 Å². The van der Waals surface area contributed by atoms with Crippen molar-refractivity contribution in [1.29, 1.82) is 0 Å². The number of anilines is 1. The fourth-order valence-electron chi connectivity index (χ4n) is 6.39. The summed E-state index contributed by atoms with van der Waals surface area (Å²) in [6.45, 7) is 6.04. The Morgan fingerprint density at radius 2 is 1.87 bits per heavy atom. The van der Waals surface area contributed by atoms with Crippen LogP contribution in [0.5, 0.6) is 11.5 Å². The Hall–Kier alpha value is -3.40. The molecule has 1 aliphatic carbocycles. The molecule has 9 nitrogen and oxygen atoms in total. The third-order valence-corrected chi connectivity index (χ3v) is 8.42. The van der Waals surface area contributed by atoms with Gasteiger partial charge in [0, 0.05) is 34.3 Å². The van der Waals surface area contributed by atoms with Crippen LogP contribution in [-0.4, -0.2) is 66.9 Å². The van der Waals surface area contributed by atoms with E-state index in [1.54, 1.807) is 31.5 Å². The van der Waals surface area contributed by atoms with Crippen molar-refractivity contribution in [3.8, 4) is 34.0 Å². The number of piperidine rings is 2. The lowest BCUT2D eigenvalue weighted by molar-refractivity contribution is 0.0000874. The van der Waals surface area contributed by atoms with Gasteiger partial charge in [0.25, 0.3) is 0 Å². The SMILES string of the molecule is COc1cc(-c2ccc(-c3cnc(N(C4CC4)[C@H]4C[C@]5(C)CCC[C@@](C)(N5)[C@H]4F)nn3)c(O)c2)nnc1C. The third-order valence-electron chi connectivity index (χ3n) is 8.42. The monoisotopic (exact) mass is 519 g/mol. The van der Waals surface area contributed by atoms with Gasteiger partial charge in [-0.3, -0.25) is 0 Å². The second kappa shape index (κ2) is 9.11. The summed E-state index contributed by atoms with van der Waals surface area (Å²) in [4.78, 5) is 6.71. The molecule has 2 saturated heterocycles. The number of hydrogen-bond donors (Lipinski definition) is 2. The number of ether oxygens (including phenoxy) is 1. The smallest absolute Gasteiger partial charge is 0.245 e. The van der Waals surface area contributed by atoms with Gasteiger partial charge in [0.15, 0.2) is 0 Å².